The lowest BCUT2D eigenvalue weighted by molar-refractivity contribution is 0.0598. The maximum absolute atomic E-state index is 12.2. The summed E-state index contributed by atoms with van der Waals surface area (Å²) in [5, 5.41) is 4.36. The Kier molecular flexibility index (Phi) is 2.70. The van der Waals surface area contributed by atoms with E-state index < -0.39 is 11.5 Å². The first-order chi connectivity index (χ1) is 9.20. The number of nitrogens with zero attached hydrogens (tertiary/aromatic N) is 3. The van der Waals surface area contributed by atoms with Crippen molar-refractivity contribution >= 4 is 5.97 Å². The second kappa shape index (κ2) is 4.38. The summed E-state index contributed by atoms with van der Waals surface area (Å²) < 4.78 is 7.79. The minimum absolute atomic E-state index is 0.00553. The lowest BCUT2D eigenvalue weighted by atomic mass is 10.3. The zero-order chi connectivity index (χ0) is 13.4. The summed E-state index contributed by atoms with van der Waals surface area (Å²) in [6.45, 7) is 0. The van der Waals surface area contributed by atoms with Crippen LogP contribution in [0, 0.1) is 0 Å². The number of ether oxygens (including phenoxy) is 1. The Balaban J connectivity index is 2.04. The van der Waals surface area contributed by atoms with Crippen LogP contribution in [0.25, 0.3) is 5.82 Å². The molecule has 1 saturated carbocycles. The van der Waals surface area contributed by atoms with E-state index in [4.69, 9.17) is 0 Å². The quantitative estimate of drug-likeness (QED) is 0.776. The van der Waals surface area contributed by atoms with Crippen molar-refractivity contribution in [2.24, 2.45) is 0 Å². The monoisotopic (exact) mass is 259 g/mol. The van der Waals surface area contributed by atoms with Crippen molar-refractivity contribution in [3.63, 3.8) is 0 Å². The first-order valence-corrected chi connectivity index (χ1v) is 6.06. The van der Waals surface area contributed by atoms with E-state index in [0.29, 0.717) is 11.9 Å². The standard InChI is InChI=1S/C13H13N3O3/c1-19-13(18)10-3-2-7-15(12(10)17)11-6-8-16(14-11)9-4-5-9/h2-3,6-9H,4-5H2,1H3. The second-order valence-electron chi connectivity index (χ2n) is 4.47. The molecule has 19 heavy (non-hydrogen) atoms. The van der Waals surface area contributed by atoms with Gasteiger partial charge in [0.25, 0.3) is 5.56 Å². The molecule has 0 radical (unpaired) electrons. The maximum Gasteiger partial charge on any atom is 0.343 e. The molecule has 0 unspecified atom stereocenters. The molecule has 0 aliphatic heterocycles. The van der Waals surface area contributed by atoms with Crippen LogP contribution >= 0.6 is 0 Å². The van der Waals surface area contributed by atoms with E-state index in [1.807, 2.05) is 10.9 Å². The number of hydrogen-bond acceptors (Lipinski definition) is 4. The number of pyridine rings is 1. The molecule has 0 N–H and O–H groups in total. The molecule has 0 amide bonds. The van der Waals surface area contributed by atoms with E-state index >= 15 is 0 Å². The number of carbonyl (C=O) groups is 1. The van der Waals surface area contributed by atoms with Crippen LogP contribution in [-0.4, -0.2) is 27.4 Å². The van der Waals surface area contributed by atoms with Crippen LogP contribution in [0.2, 0.25) is 0 Å². The van der Waals surface area contributed by atoms with Gasteiger partial charge in [0.2, 0.25) is 0 Å². The lowest BCUT2D eigenvalue weighted by Crippen LogP contribution is -2.25. The molecule has 0 atom stereocenters. The summed E-state index contributed by atoms with van der Waals surface area (Å²) in [6.07, 6.45) is 5.69. The van der Waals surface area contributed by atoms with Gasteiger partial charge in [0.1, 0.15) is 5.56 Å². The van der Waals surface area contributed by atoms with Gasteiger partial charge in [-0.2, -0.15) is 5.10 Å². The van der Waals surface area contributed by atoms with Gasteiger partial charge in [-0.1, -0.05) is 0 Å². The van der Waals surface area contributed by atoms with Crippen molar-refractivity contribution < 1.29 is 9.53 Å². The van der Waals surface area contributed by atoms with Crippen LogP contribution in [0.1, 0.15) is 29.2 Å². The molecule has 6 heteroatoms. The van der Waals surface area contributed by atoms with Crippen molar-refractivity contribution in [1.29, 1.82) is 0 Å². The molecule has 2 aromatic heterocycles. The van der Waals surface area contributed by atoms with Gasteiger partial charge in [0.15, 0.2) is 5.82 Å². The first kappa shape index (κ1) is 11.7. The predicted molar refractivity (Wildman–Crippen MR) is 67.4 cm³/mol. The third-order valence-electron chi connectivity index (χ3n) is 3.11. The number of hydrogen-bond donors (Lipinski definition) is 0. The Labute approximate surface area is 109 Å². The predicted octanol–water partition coefficient (Wildman–Crippen LogP) is 1.16. The molecule has 0 spiro atoms. The zero-order valence-electron chi connectivity index (χ0n) is 10.4. The molecule has 1 aliphatic rings. The Bertz CT molecular complexity index is 682. The van der Waals surface area contributed by atoms with Crippen molar-refractivity contribution in [3.8, 4) is 5.82 Å². The van der Waals surface area contributed by atoms with E-state index in [2.05, 4.69) is 9.84 Å². The van der Waals surface area contributed by atoms with E-state index in [9.17, 15) is 9.59 Å². The topological polar surface area (TPSA) is 66.1 Å². The SMILES string of the molecule is COC(=O)c1cccn(-c2ccn(C3CC3)n2)c1=O. The van der Waals surface area contributed by atoms with Crippen LogP contribution in [0.4, 0.5) is 0 Å². The van der Waals surface area contributed by atoms with Crippen molar-refractivity contribution in [3.05, 3.63) is 46.5 Å². The Morgan fingerprint density at radius 2 is 2.16 bits per heavy atom. The highest BCUT2D eigenvalue weighted by molar-refractivity contribution is 5.88. The lowest BCUT2D eigenvalue weighted by Gasteiger charge is -2.04. The normalized spacial score (nSPS) is 14.4. The Morgan fingerprint density at radius 1 is 1.37 bits per heavy atom. The van der Waals surface area contributed by atoms with Gasteiger partial charge in [-0.25, -0.2) is 4.79 Å². The minimum atomic E-state index is -0.638. The molecule has 1 fully saturated rings. The Hall–Kier alpha value is -2.37. The average Bonchev–Trinajstić information content (AvgIpc) is 3.17. The zero-order valence-corrected chi connectivity index (χ0v) is 10.4. The van der Waals surface area contributed by atoms with Crippen molar-refractivity contribution in [1.82, 2.24) is 14.3 Å². The van der Waals surface area contributed by atoms with Crippen molar-refractivity contribution in [2.75, 3.05) is 7.11 Å². The first-order valence-electron chi connectivity index (χ1n) is 6.06. The van der Waals surface area contributed by atoms with Gasteiger partial charge < -0.3 is 4.74 Å². The smallest absolute Gasteiger partial charge is 0.343 e. The van der Waals surface area contributed by atoms with E-state index in [1.165, 1.54) is 17.7 Å². The summed E-state index contributed by atoms with van der Waals surface area (Å²) in [7, 11) is 1.25. The van der Waals surface area contributed by atoms with E-state index in [0.717, 1.165) is 12.8 Å². The third-order valence-corrected chi connectivity index (χ3v) is 3.11. The summed E-state index contributed by atoms with van der Waals surface area (Å²) in [5.74, 6) is -0.122. The molecular formula is C13H13N3O3. The second-order valence-corrected chi connectivity index (χ2v) is 4.47. The van der Waals surface area contributed by atoms with Gasteiger partial charge >= 0.3 is 5.97 Å². The van der Waals surface area contributed by atoms with Crippen LogP contribution in [-0.2, 0) is 4.74 Å². The summed E-state index contributed by atoms with van der Waals surface area (Å²) in [5.41, 5.74) is -0.415. The van der Waals surface area contributed by atoms with Crippen LogP contribution in [0.3, 0.4) is 0 Å². The molecule has 2 heterocycles. The molecule has 1 aliphatic carbocycles. The summed E-state index contributed by atoms with van der Waals surface area (Å²) in [6, 6.07) is 5.29. The molecule has 3 rings (SSSR count). The number of esters is 1. The summed E-state index contributed by atoms with van der Waals surface area (Å²) >= 11 is 0. The molecule has 98 valence electrons. The van der Waals surface area contributed by atoms with Gasteiger partial charge in [0, 0.05) is 18.5 Å². The maximum atomic E-state index is 12.2. The van der Waals surface area contributed by atoms with Crippen LogP contribution in [0.15, 0.2) is 35.4 Å². The highest BCUT2D eigenvalue weighted by Crippen LogP contribution is 2.34. The fourth-order valence-corrected chi connectivity index (χ4v) is 1.94. The van der Waals surface area contributed by atoms with Crippen LogP contribution in [0.5, 0.6) is 0 Å². The fraction of sp³-hybridized carbons (Fsp3) is 0.308. The molecule has 0 aromatic carbocycles. The largest absolute Gasteiger partial charge is 0.465 e. The highest BCUT2D eigenvalue weighted by atomic mass is 16.5. The van der Waals surface area contributed by atoms with Gasteiger partial charge in [-0.3, -0.25) is 14.0 Å². The molecule has 2 aromatic rings. The number of carbonyl (C=O) groups excluding carboxylic acids is 1. The summed E-state index contributed by atoms with van der Waals surface area (Å²) in [4.78, 5) is 23.7. The average molecular weight is 259 g/mol. The van der Waals surface area contributed by atoms with E-state index in [-0.39, 0.29) is 5.56 Å². The molecular weight excluding hydrogens is 246 g/mol. The van der Waals surface area contributed by atoms with Gasteiger partial charge in [0.05, 0.1) is 13.2 Å². The molecule has 0 bridgehead atoms. The third kappa shape index (κ3) is 2.05. The Morgan fingerprint density at radius 3 is 2.84 bits per heavy atom. The minimum Gasteiger partial charge on any atom is -0.465 e. The highest BCUT2D eigenvalue weighted by Gasteiger charge is 2.24. The van der Waals surface area contributed by atoms with Crippen molar-refractivity contribution in [2.45, 2.75) is 18.9 Å². The number of rotatable bonds is 3. The van der Waals surface area contributed by atoms with E-state index in [1.54, 1.807) is 18.3 Å². The molecule has 6 nitrogen and oxygen atoms in total. The number of aromatic nitrogens is 3. The van der Waals surface area contributed by atoms with Crippen LogP contribution < -0.4 is 5.56 Å². The number of methoxy groups -OCH3 is 1. The van der Waals surface area contributed by atoms with Gasteiger partial charge in [-0.15, -0.1) is 0 Å². The fourth-order valence-electron chi connectivity index (χ4n) is 1.94. The molecule has 0 saturated heterocycles. The van der Waals surface area contributed by atoms with Gasteiger partial charge in [-0.05, 0) is 25.0 Å².